The van der Waals surface area contributed by atoms with E-state index in [2.05, 4.69) is 30.1 Å². The van der Waals surface area contributed by atoms with E-state index < -0.39 is 5.91 Å². The summed E-state index contributed by atoms with van der Waals surface area (Å²) in [6, 6.07) is 22.3. The second kappa shape index (κ2) is 10.9. The number of benzene rings is 3. The van der Waals surface area contributed by atoms with Crippen molar-refractivity contribution >= 4 is 29.0 Å². The summed E-state index contributed by atoms with van der Waals surface area (Å²) >= 11 is 0. The summed E-state index contributed by atoms with van der Waals surface area (Å²) in [5.41, 5.74) is 10.1. The second-order valence-electron chi connectivity index (χ2n) is 8.90. The Balaban J connectivity index is 1.42. The van der Waals surface area contributed by atoms with E-state index >= 15 is 0 Å². The molecule has 6 nitrogen and oxygen atoms in total. The Morgan fingerprint density at radius 2 is 1.64 bits per heavy atom. The van der Waals surface area contributed by atoms with Gasteiger partial charge in [0.1, 0.15) is 0 Å². The Bertz CT molecular complexity index is 1330. The number of para-hydroxylation sites is 1. The third kappa shape index (κ3) is 5.47. The molecule has 0 saturated carbocycles. The molecule has 182 valence electrons. The second-order valence-corrected chi connectivity index (χ2v) is 8.90. The molecule has 0 bridgehead atoms. The molecule has 4 rings (SSSR count). The highest BCUT2D eigenvalue weighted by Crippen LogP contribution is 2.39. The molecular formula is C30H29N3O3. The Hall–Kier alpha value is -4.37. The van der Waals surface area contributed by atoms with Gasteiger partial charge in [-0.25, -0.2) is 0 Å². The lowest BCUT2D eigenvalue weighted by Gasteiger charge is -2.40. The fourth-order valence-corrected chi connectivity index (χ4v) is 4.50. The molecule has 36 heavy (non-hydrogen) atoms. The Morgan fingerprint density at radius 3 is 2.31 bits per heavy atom. The molecule has 6 heteroatoms. The monoisotopic (exact) mass is 479 g/mol. The van der Waals surface area contributed by atoms with Crippen LogP contribution in [0.4, 0.5) is 11.4 Å². The smallest absolute Gasteiger partial charge is 0.248 e. The first-order valence-electron chi connectivity index (χ1n) is 12.1. The lowest BCUT2D eigenvalue weighted by Crippen LogP contribution is -2.44. The number of fused-ring (bicyclic) bond motifs is 1. The first kappa shape index (κ1) is 24.7. The topological polar surface area (TPSA) is 92.5 Å². The van der Waals surface area contributed by atoms with E-state index in [0.717, 1.165) is 28.9 Å². The number of nitrogens with two attached hydrogens (primary N) is 1. The Labute approximate surface area is 211 Å². The molecule has 2 atom stereocenters. The van der Waals surface area contributed by atoms with Crippen LogP contribution in [0, 0.1) is 11.8 Å². The molecule has 3 aromatic carbocycles. The number of ketones is 1. The standard InChI is InChI=1S/C30H29N3O3/c1-3-29(35)33-20(2)19-26(25-8-4-5-9-27(25)33)32-24-17-15-22(16-18-24)28(34)10-6-7-21-11-13-23(14-12-21)30(31)36/h4-5,8-9,11-18,20,26,32H,3,7,19H2,1-2H3,(H2,31,36)/t20-,26+/m0/s1. The number of carbonyl (C=O) groups is 3. The van der Waals surface area contributed by atoms with Crippen molar-refractivity contribution in [1.29, 1.82) is 0 Å². The van der Waals surface area contributed by atoms with Crippen molar-refractivity contribution in [2.45, 2.75) is 45.2 Å². The highest BCUT2D eigenvalue weighted by atomic mass is 16.2. The summed E-state index contributed by atoms with van der Waals surface area (Å²) in [7, 11) is 0. The van der Waals surface area contributed by atoms with Crippen LogP contribution < -0.4 is 16.0 Å². The minimum atomic E-state index is -0.475. The van der Waals surface area contributed by atoms with Gasteiger partial charge in [-0.1, -0.05) is 43.2 Å². The number of carbonyl (C=O) groups excluding carboxylic acids is 3. The molecule has 0 aromatic heterocycles. The highest BCUT2D eigenvalue weighted by molar-refractivity contribution is 6.09. The van der Waals surface area contributed by atoms with Crippen LogP contribution in [0.2, 0.25) is 0 Å². The van der Waals surface area contributed by atoms with E-state index in [1.54, 1.807) is 36.4 Å². The fraction of sp³-hybridized carbons (Fsp3) is 0.233. The van der Waals surface area contributed by atoms with E-state index in [1.807, 2.05) is 42.2 Å². The van der Waals surface area contributed by atoms with Crippen LogP contribution in [0.15, 0.2) is 72.8 Å². The summed E-state index contributed by atoms with van der Waals surface area (Å²) in [5.74, 6) is 4.99. The molecule has 0 radical (unpaired) electrons. The zero-order chi connectivity index (χ0) is 25.7. The number of rotatable bonds is 6. The van der Waals surface area contributed by atoms with Gasteiger partial charge in [0.25, 0.3) is 0 Å². The van der Waals surface area contributed by atoms with Crippen LogP contribution >= 0.6 is 0 Å². The van der Waals surface area contributed by atoms with Crippen molar-refractivity contribution in [2.75, 3.05) is 10.2 Å². The molecule has 0 aliphatic carbocycles. The molecule has 0 spiro atoms. The number of hydrogen-bond donors (Lipinski definition) is 2. The molecule has 1 heterocycles. The minimum Gasteiger partial charge on any atom is -0.378 e. The van der Waals surface area contributed by atoms with Crippen LogP contribution in [0.1, 0.15) is 64.6 Å². The molecule has 3 N–H and O–H groups in total. The zero-order valence-corrected chi connectivity index (χ0v) is 20.5. The molecule has 0 fully saturated rings. The molecule has 1 aliphatic heterocycles. The molecule has 0 unspecified atom stereocenters. The van der Waals surface area contributed by atoms with Gasteiger partial charge in [0.2, 0.25) is 17.6 Å². The van der Waals surface area contributed by atoms with Crippen molar-refractivity contribution in [3.63, 3.8) is 0 Å². The maximum atomic E-state index is 12.5. The summed E-state index contributed by atoms with van der Waals surface area (Å²) in [4.78, 5) is 38.1. The van der Waals surface area contributed by atoms with Crippen LogP contribution in [-0.4, -0.2) is 23.6 Å². The first-order valence-corrected chi connectivity index (χ1v) is 12.1. The molecule has 0 saturated heterocycles. The molecule has 1 aliphatic rings. The number of Topliss-reactive ketones (excluding diaryl/α,β-unsaturated/α-hetero) is 1. The van der Waals surface area contributed by atoms with Crippen molar-refractivity contribution < 1.29 is 14.4 Å². The van der Waals surface area contributed by atoms with Gasteiger partial charge in [0.15, 0.2) is 0 Å². The maximum absolute atomic E-state index is 12.5. The van der Waals surface area contributed by atoms with Gasteiger partial charge in [-0.05, 0) is 72.9 Å². The number of nitrogens with one attached hydrogen (secondary N) is 1. The lowest BCUT2D eigenvalue weighted by molar-refractivity contribution is -0.118. The third-order valence-corrected chi connectivity index (χ3v) is 6.38. The first-order chi connectivity index (χ1) is 17.4. The molecular weight excluding hydrogens is 450 g/mol. The maximum Gasteiger partial charge on any atom is 0.248 e. The van der Waals surface area contributed by atoms with E-state index in [1.165, 1.54) is 0 Å². The quantitative estimate of drug-likeness (QED) is 0.299. The van der Waals surface area contributed by atoms with Crippen molar-refractivity contribution in [3.05, 3.63) is 95.1 Å². The largest absolute Gasteiger partial charge is 0.378 e. The van der Waals surface area contributed by atoms with Crippen LogP contribution in [0.3, 0.4) is 0 Å². The van der Waals surface area contributed by atoms with Gasteiger partial charge >= 0.3 is 0 Å². The predicted octanol–water partition coefficient (Wildman–Crippen LogP) is 4.90. The van der Waals surface area contributed by atoms with Gasteiger partial charge in [0, 0.05) is 41.4 Å². The van der Waals surface area contributed by atoms with Crippen molar-refractivity contribution in [2.24, 2.45) is 5.73 Å². The van der Waals surface area contributed by atoms with Crippen LogP contribution in [0.25, 0.3) is 0 Å². The van der Waals surface area contributed by atoms with Gasteiger partial charge < -0.3 is 16.0 Å². The normalized spacial score (nSPS) is 16.3. The van der Waals surface area contributed by atoms with Gasteiger partial charge in [-0.2, -0.15) is 0 Å². The number of hydrogen-bond acceptors (Lipinski definition) is 4. The fourth-order valence-electron chi connectivity index (χ4n) is 4.50. The Morgan fingerprint density at radius 1 is 0.972 bits per heavy atom. The van der Waals surface area contributed by atoms with Crippen molar-refractivity contribution in [1.82, 2.24) is 0 Å². The molecule has 2 amide bonds. The van der Waals surface area contributed by atoms with Crippen molar-refractivity contribution in [3.8, 4) is 11.8 Å². The van der Waals surface area contributed by atoms with Gasteiger partial charge in [0.05, 0.1) is 6.04 Å². The molecule has 3 aromatic rings. The number of nitrogens with zero attached hydrogens (tertiary/aromatic N) is 1. The van der Waals surface area contributed by atoms with E-state index in [0.29, 0.717) is 24.0 Å². The summed E-state index contributed by atoms with van der Waals surface area (Å²) in [6.07, 6.45) is 1.66. The van der Waals surface area contributed by atoms with Gasteiger partial charge in [-0.3, -0.25) is 14.4 Å². The van der Waals surface area contributed by atoms with Crippen LogP contribution in [-0.2, 0) is 11.2 Å². The average Bonchev–Trinajstić information content (AvgIpc) is 2.89. The summed E-state index contributed by atoms with van der Waals surface area (Å²) < 4.78 is 0. The Kier molecular flexibility index (Phi) is 7.50. The zero-order valence-electron chi connectivity index (χ0n) is 20.5. The number of amides is 2. The highest BCUT2D eigenvalue weighted by Gasteiger charge is 2.32. The third-order valence-electron chi connectivity index (χ3n) is 6.38. The summed E-state index contributed by atoms with van der Waals surface area (Å²) in [5, 5.41) is 3.57. The lowest BCUT2D eigenvalue weighted by atomic mass is 9.91. The van der Waals surface area contributed by atoms with Crippen LogP contribution in [0.5, 0.6) is 0 Å². The van der Waals surface area contributed by atoms with E-state index in [-0.39, 0.29) is 23.8 Å². The summed E-state index contributed by atoms with van der Waals surface area (Å²) in [6.45, 7) is 3.96. The van der Waals surface area contributed by atoms with E-state index in [9.17, 15) is 14.4 Å². The predicted molar refractivity (Wildman–Crippen MR) is 142 cm³/mol. The SMILES string of the molecule is CCC(=O)N1c2ccccc2[C@H](Nc2ccc(C(=O)C#CCc3ccc(C(N)=O)cc3)cc2)C[C@@H]1C. The van der Waals surface area contributed by atoms with E-state index in [4.69, 9.17) is 5.73 Å². The average molecular weight is 480 g/mol. The van der Waals surface area contributed by atoms with Gasteiger partial charge in [-0.15, -0.1) is 0 Å². The minimum absolute atomic E-state index is 0.0550. The number of anilines is 2. The number of primary amides is 1.